The van der Waals surface area contributed by atoms with Gasteiger partial charge in [0.25, 0.3) is 0 Å². The predicted octanol–water partition coefficient (Wildman–Crippen LogP) is 0.758. The summed E-state index contributed by atoms with van der Waals surface area (Å²) in [6.07, 6.45) is 3.00. The van der Waals surface area contributed by atoms with Gasteiger partial charge in [-0.25, -0.2) is 18.2 Å². The van der Waals surface area contributed by atoms with E-state index < -0.39 is 10.0 Å². The molecule has 1 amide bonds. The molecule has 3 rings (SSSR count). The van der Waals surface area contributed by atoms with Gasteiger partial charge in [-0.05, 0) is 12.1 Å². The molecule has 0 spiro atoms. The largest absolute Gasteiger partial charge is 0.379 e. The van der Waals surface area contributed by atoms with Crippen LogP contribution in [0.15, 0.2) is 41.7 Å². The van der Waals surface area contributed by atoms with Crippen molar-refractivity contribution < 1.29 is 17.9 Å². The molecule has 1 aliphatic heterocycles. The molecule has 1 saturated heterocycles. The Bertz CT molecular complexity index is 823. The Kier molecular flexibility index (Phi) is 4.65. The van der Waals surface area contributed by atoms with Crippen LogP contribution in [0.3, 0.4) is 0 Å². The van der Waals surface area contributed by atoms with Gasteiger partial charge in [-0.2, -0.15) is 4.31 Å². The summed E-state index contributed by atoms with van der Waals surface area (Å²) in [7, 11) is -1.97. The fourth-order valence-electron chi connectivity index (χ4n) is 2.45. The van der Waals surface area contributed by atoms with Crippen LogP contribution < -0.4 is 5.32 Å². The molecule has 2 aromatic rings. The highest BCUT2D eigenvalue weighted by atomic mass is 32.2. The molecule has 0 atom stereocenters. The second-order valence-corrected chi connectivity index (χ2v) is 7.20. The molecule has 24 heavy (non-hydrogen) atoms. The number of carbonyl (C=O) groups excluding carboxylic acids is 1. The maximum atomic E-state index is 12.6. The van der Waals surface area contributed by atoms with Crippen molar-refractivity contribution in [3.8, 4) is 11.3 Å². The summed E-state index contributed by atoms with van der Waals surface area (Å²) < 4.78 is 33.1. The van der Waals surface area contributed by atoms with Gasteiger partial charge in [0.1, 0.15) is 6.33 Å². The third-order valence-electron chi connectivity index (χ3n) is 3.79. The number of benzene rings is 1. The number of rotatable bonds is 3. The van der Waals surface area contributed by atoms with Crippen molar-refractivity contribution >= 4 is 16.1 Å². The molecule has 0 bridgehead atoms. The topological polar surface area (TPSA) is 93.5 Å². The maximum absolute atomic E-state index is 12.6. The standard InChI is InChI=1S/C15H18N4O4S/c1-16-15(20)18-10-14(17-11-18)12-2-4-13(5-3-12)24(21,22)19-6-8-23-9-7-19/h2-5,10-11H,6-9H2,1H3,(H,16,20). The van der Waals surface area contributed by atoms with Crippen molar-refractivity contribution in [2.45, 2.75) is 4.90 Å². The number of hydrogen-bond donors (Lipinski definition) is 1. The second kappa shape index (κ2) is 6.71. The Labute approximate surface area is 140 Å². The number of imidazole rings is 1. The second-order valence-electron chi connectivity index (χ2n) is 5.26. The van der Waals surface area contributed by atoms with E-state index in [1.54, 1.807) is 30.5 Å². The number of sulfonamides is 1. The lowest BCUT2D eigenvalue weighted by molar-refractivity contribution is 0.0730. The van der Waals surface area contributed by atoms with Gasteiger partial charge in [0.2, 0.25) is 10.0 Å². The van der Waals surface area contributed by atoms with Crippen molar-refractivity contribution in [1.29, 1.82) is 0 Å². The molecule has 1 aromatic carbocycles. The summed E-state index contributed by atoms with van der Waals surface area (Å²) in [4.78, 5) is 15.9. The molecule has 8 nitrogen and oxygen atoms in total. The average Bonchev–Trinajstić information content (AvgIpc) is 3.12. The van der Waals surface area contributed by atoms with Crippen LogP contribution in [0.1, 0.15) is 0 Å². The van der Waals surface area contributed by atoms with Gasteiger partial charge in [-0.3, -0.25) is 4.57 Å². The van der Waals surface area contributed by atoms with Gasteiger partial charge in [-0.1, -0.05) is 12.1 Å². The smallest absolute Gasteiger partial charge is 0.326 e. The van der Waals surface area contributed by atoms with E-state index in [9.17, 15) is 13.2 Å². The fourth-order valence-corrected chi connectivity index (χ4v) is 3.85. The molecule has 0 radical (unpaired) electrons. The Hall–Kier alpha value is -2.23. The molecule has 9 heteroatoms. The van der Waals surface area contributed by atoms with Gasteiger partial charge in [-0.15, -0.1) is 0 Å². The summed E-state index contributed by atoms with van der Waals surface area (Å²) in [5.74, 6) is 0. The van der Waals surface area contributed by atoms with E-state index in [1.165, 1.54) is 22.2 Å². The zero-order valence-electron chi connectivity index (χ0n) is 13.2. The van der Waals surface area contributed by atoms with Crippen molar-refractivity contribution in [3.63, 3.8) is 0 Å². The number of morpholine rings is 1. The number of amides is 1. The minimum Gasteiger partial charge on any atom is -0.379 e. The highest BCUT2D eigenvalue weighted by Crippen LogP contribution is 2.22. The van der Waals surface area contributed by atoms with Crippen LogP contribution >= 0.6 is 0 Å². The Morgan fingerprint density at radius 1 is 1.21 bits per heavy atom. The maximum Gasteiger partial charge on any atom is 0.326 e. The number of nitrogens with one attached hydrogen (secondary N) is 1. The first-order valence-corrected chi connectivity index (χ1v) is 8.91. The van der Waals surface area contributed by atoms with Gasteiger partial charge in [0.15, 0.2) is 0 Å². The van der Waals surface area contributed by atoms with Gasteiger partial charge < -0.3 is 10.1 Å². The molecule has 0 saturated carbocycles. The van der Waals surface area contributed by atoms with Gasteiger partial charge in [0, 0.05) is 31.9 Å². The average molecular weight is 350 g/mol. The van der Waals surface area contributed by atoms with Crippen LogP contribution in [0.2, 0.25) is 0 Å². The molecule has 1 aromatic heterocycles. The predicted molar refractivity (Wildman–Crippen MR) is 87.1 cm³/mol. The van der Waals surface area contributed by atoms with E-state index in [1.807, 2.05) is 0 Å². The Balaban J connectivity index is 1.82. The molecule has 2 heterocycles. The summed E-state index contributed by atoms with van der Waals surface area (Å²) in [6.45, 7) is 1.55. The van der Waals surface area contributed by atoms with Crippen molar-refractivity contribution in [3.05, 3.63) is 36.8 Å². The van der Waals surface area contributed by atoms with E-state index in [0.717, 1.165) is 5.56 Å². The van der Waals surface area contributed by atoms with E-state index in [4.69, 9.17) is 4.74 Å². The number of hydrogen-bond acceptors (Lipinski definition) is 5. The third-order valence-corrected chi connectivity index (χ3v) is 5.70. The Morgan fingerprint density at radius 2 is 1.88 bits per heavy atom. The van der Waals surface area contributed by atoms with Crippen LogP contribution in [-0.2, 0) is 14.8 Å². The molecular weight excluding hydrogens is 332 g/mol. The highest BCUT2D eigenvalue weighted by molar-refractivity contribution is 7.89. The van der Waals surface area contributed by atoms with Crippen LogP contribution in [0.25, 0.3) is 11.3 Å². The fraction of sp³-hybridized carbons (Fsp3) is 0.333. The number of nitrogens with zero attached hydrogens (tertiary/aromatic N) is 3. The van der Waals surface area contributed by atoms with Gasteiger partial charge in [0.05, 0.1) is 23.8 Å². The number of carbonyl (C=O) groups is 1. The first kappa shape index (κ1) is 16.6. The molecule has 0 unspecified atom stereocenters. The molecule has 128 valence electrons. The van der Waals surface area contributed by atoms with Crippen LogP contribution in [0, 0.1) is 0 Å². The highest BCUT2D eigenvalue weighted by Gasteiger charge is 2.26. The van der Waals surface area contributed by atoms with Crippen molar-refractivity contribution in [1.82, 2.24) is 19.2 Å². The quantitative estimate of drug-likeness (QED) is 0.882. The summed E-state index contributed by atoms with van der Waals surface area (Å²) in [5, 5.41) is 2.50. The monoisotopic (exact) mass is 350 g/mol. The van der Waals surface area contributed by atoms with Crippen LogP contribution in [0.4, 0.5) is 4.79 Å². The minimum atomic E-state index is -3.51. The summed E-state index contributed by atoms with van der Waals surface area (Å²) in [5.41, 5.74) is 1.33. The molecule has 1 N–H and O–H groups in total. The summed E-state index contributed by atoms with van der Waals surface area (Å²) >= 11 is 0. The van der Waals surface area contributed by atoms with E-state index in [0.29, 0.717) is 32.0 Å². The zero-order chi connectivity index (χ0) is 17.2. The number of ether oxygens (including phenoxy) is 1. The Morgan fingerprint density at radius 3 is 2.50 bits per heavy atom. The van der Waals surface area contributed by atoms with Crippen LogP contribution in [0.5, 0.6) is 0 Å². The molecule has 1 aliphatic rings. The van der Waals surface area contributed by atoms with E-state index >= 15 is 0 Å². The van der Waals surface area contributed by atoms with E-state index in [2.05, 4.69) is 10.3 Å². The zero-order valence-corrected chi connectivity index (χ0v) is 14.0. The van der Waals surface area contributed by atoms with E-state index in [-0.39, 0.29) is 10.9 Å². The lowest BCUT2D eigenvalue weighted by Gasteiger charge is -2.26. The first-order chi connectivity index (χ1) is 11.5. The summed E-state index contributed by atoms with van der Waals surface area (Å²) in [6, 6.07) is 6.19. The van der Waals surface area contributed by atoms with Crippen LogP contribution in [-0.4, -0.2) is 61.7 Å². The lowest BCUT2D eigenvalue weighted by Crippen LogP contribution is -2.40. The number of aromatic nitrogens is 2. The molecular formula is C15H18N4O4S. The lowest BCUT2D eigenvalue weighted by atomic mass is 10.2. The van der Waals surface area contributed by atoms with Gasteiger partial charge >= 0.3 is 6.03 Å². The SMILES string of the molecule is CNC(=O)n1cnc(-c2ccc(S(=O)(=O)N3CCOCC3)cc2)c1. The molecule has 0 aliphatic carbocycles. The molecule has 1 fully saturated rings. The third kappa shape index (κ3) is 3.18. The van der Waals surface area contributed by atoms with Crippen molar-refractivity contribution in [2.75, 3.05) is 33.4 Å². The first-order valence-electron chi connectivity index (χ1n) is 7.47. The minimum absolute atomic E-state index is 0.235. The normalized spacial score (nSPS) is 16.0. The van der Waals surface area contributed by atoms with Crippen molar-refractivity contribution in [2.24, 2.45) is 0 Å².